The number of carbonyl (C=O) groups is 2. The van der Waals surface area contributed by atoms with Crippen LogP contribution < -0.4 is 0 Å². The summed E-state index contributed by atoms with van der Waals surface area (Å²) in [6, 6.07) is 2.88. The standard InChI is InChI=1S/C48H74N2O13S/c1-13-35(44(53)54)37-17-16-26(4)41(59-37)30(8)39(51)29(7)40(52)36(14-2)42-27(5)24-28(6)47(60-42)21-18-34(25-49-64(56,57)43-31(9)50-61-32(43)10)48(63-47)23-22-45(12,62-48)38-19-20-46(55,15-3)33(11)58-38/h18,21,26-30,33-39,41-42,51,55H,13-17,19-20,22-24H2,1-12H3/p+1/t26-,27-,28+,29-,30-,33-,34?,35+,36?,37+,38+,39+,41+,42-,45-,46+,47-,48-/m0/s1. The van der Waals surface area contributed by atoms with Gasteiger partial charge in [0.25, 0.3) is 0 Å². The number of rotatable bonds is 13. The molecular formula is C48H75N2O13S+. The van der Waals surface area contributed by atoms with Crippen LogP contribution in [0.5, 0.6) is 0 Å². The lowest BCUT2D eigenvalue weighted by Crippen LogP contribution is -2.61. The smallest absolute Gasteiger partial charge is 0.481 e. The first kappa shape index (κ1) is 50.7. The molecule has 5 aliphatic rings. The van der Waals surface area contributed by atoms with Crippen LogP contribution in [0.3, 0.4) is 0 Å². The number of sulfonamides is 1. The van der Waals surface area contributed by atoms with Gasteiger partial charge in [0.05, 0.1) is 58.0 Å². The summed E-state index contributed by atoms with van der Waals surface area (Å²) in [6.07, 6.45) is 5.42. The van der Waals surface area contributed by atoms with Gasteiger partial charge in [-0.3, -0.25) is 9.59 Å². The highest BCUT2D eigenvalue weighted by atomic mass is 32.2. The van der Waals surface area contributed by atoms with E-state index in [0.717, 1.165) is 6.42 Å². The minimum Gasteiger partial charge on any atom is -0.481 e. The van der Waals surface area contributed by atoms with Crippen LogP contribution in [-0.2, 0) is 43.3 Å². The zero-order chi connectivity index (χ0) is 47.3. The van der Waals surface area contributed by atoms with E-state index in [4.69, 9.17) is 28.2 Å². The number of aryl methyl sites for hydroxylation is 2. The lowest BCUT2D eigenvalue weighted by molar-refractivity contribution is -0.400. The lowest BCUT2D eigenvalue weighted by Gasteiger charge is -2.54. The van der Waals surface area contributed by atoms with Gasteiger partial charge in [-0.05, 0) is 103 Å². The minimum absolute atomic E-state index is 0.0662. The fourth-order valence-electron chi connectivity index (χ4n) is 11.7. The van der Waals surface area contributed by atoms with Crippen molar-refractivity contribution in [1.29, 1.82) is 0 Å². The highest BCUT2D eigenvalue weighted by Crippen LogP contribution is 2.55. The largest absolute Gasteiger partial charge is 0.515 e. The maximum Gasteiger partial charge on any atom is 0.515 e. The zero-order valence-electron chi connectivity index (χ0n) is 40.0. The molecule has 5 aliphatic heterocycles. The summed E-state index contributed by atoms with van der Waals surface area (Å²) < 4.78 is 70.8. The molecule has 3 N–H and O–H groups in total. The van der Waals surface area contributed by atoms with Gasteiger partial charge in [-0.15, -0.1) is 8.42 Å². The van der Waals surface area contributed by atoms with E-state index in [0.29, 0.717) is 57.8 Å². The first-order valence-corrected chi connectivity index (χ1v) is 25.3. The molecule has 0 aromatic carbocycles. The van der Waals surface area contributed by atoms with Gasteiger partial charge in [-0.25, -0.2) is 0 Å². The number of aliphatic carboxylic acids is 1. The fraction of sp³-hybridized carbons (Fsp3) is 0.833. The second-order valence-corrected chi connectivity index (χ2v) is 21.8. The second-order valence-electron chi connectivity index (χ2n) is 20.3. The van der Waals surface area contributed by atoms with Crippen molar-refractivity contribution < 1.29 is 61.5 Å². The molecule has 360 valence electrons. The molecule has 0 aliphatic carbocycles. The number of carboxylic acids is 1. The maximum atomic E-state index is 14.7. The van der Waals surface area contributed by atoms with E-state index in [9.17, 15) is 33.3 Å². The lowest BCUT2D eigenvalue weighted by atomic mass is 9.72. The summed E-state index contributed by atoms with van der Waals surface area (Å²) in [7, 11) is -4.28. The van der Waals surface area contributed by atoms with E-state index in [1.807, 2.05) is 55.4 Å². The third-order valence-electron chi connectivity index (χ3n) is 16.0. The van der Waals surface area contributed by atoms with Gasteiger partial charge in [0.1, 0.15) is 11.5 Å². The summed E-state index contributed by atoms with van der Waals surface area (Å²) in [5.41, 5.74) is -1.69. The topological polar surface area (TPSA) is 206 Å². The Morgan fingerprint density at radius 2 is 1.64 bits per heavy atom. The number of hydrogen-bond donors (Lipinski definition) is 3. The SMILES string of the molecule is CCC(C(=O)[C@@H](C)[C@@H](O)[C@H](C)[C@@H]1O[C@@H]([C@@H](CC)C(=O)O)CC[C@@H]1C)[C@H]1O[C@]2(C=CC(C#[N+]S(=O)(=O)c3c(C)noc3C)[C@]3(CC[C@@](C)([C@H]4CC[C@](O)(CC)[C@H](C)O4)O3)O2)[C@H](C)C[C@@H]1C. The maximum absolute atomic E-state index is 14.7. The molecule has 0 saturated carbocycles. The van der Waals surface area contributed by atoms with Crippen molar-refractivity contribution in [3.05, 3.63) is 27.9 Å². The van der Waals surface area contributed by atoms with E-state index in [1.54, 1.807) is 19.1 Å². The molecule has 1 aromatic rings. The van der Waals surface area contributed by atoms with Crippen molar-refractivity contribution in [3.63, 3.8) is 0 Å². The van der Waals surface area contributed by atoms with Crippen molar-refractivity contribution in [2.24, 2.45) is 47.3 Å². The van der Waals surface area contributed by atoms with Crippen molar-refractivity contribution >= 4 is 21.8 Å². The molecule has 2 spiro atoms. The van der Waals surface area contributed by atoms with Crippen LogP contribution in [0.1, 0.15) is 145 Å². The van der Waals surface area contributed by atoms with E-state index < -0.39 is 105 Å². The Morgan fingerprint density at radius 3 is 2.23 bits per heavy atom. The molecular weight excluding hydrogens is 845 g/mol. The highest BCUT2D eigenvalue weighted by molar-refractivity contribution is 7.93. The van der Waals surface area contributed by atoms with Gasteiger partial charge >= 0.3 is 22.1 Å². The van der Waals surface area contributed by atoms with E-state index in [2.05, 4.69) is 22.4 Å². The molecule has 6 rings (SSSR count). The van der Waals surface area contributed by atoms with Crippen molar-refractivity contribution in [2.75, 3.05) is 0 Å². The molecule has 6 heterocycles. The van der Waals surface area contributed by atoms with Crippen LogP contribution >= 0.6 is 0 Å². The van der Waals surface area contributed by atoms with Crippen LogP contribution in [0, 0.1) is 67.3 Å². The summed E-state index contributed by atoms with van der Waals surface area (Å²) in [5.74, 6) is -7.48. The predicted octanol–water partition coefficient (Wildman–Crippen LogP) is 7.77. The predicted molar refractivity (Wildman–Crippen MR) is 237 cm³/mol. The first-order valence-electron chi connectivity index (χ1n) is 23.8. The monoisotopic (exact) mass is 919 g/mol. The molecule has 15 nitrogen and oxygen atoms in total. The Bertz CT molecular complexity index is 2050. The summed E-state index contributed by atoms with van der Waals surface area (Å²) in [6.45, 7) is 22.4. The molecule has 16 heteroatoms. The molecule has 4 fully saturated rings. The number of Topliss-reactive ketones (excluding diaryl/α,β-unsaturated/α-hetero) is 1. The summed E-state index contributed by atoms with van der Waals surface area (Å²) in [5, 5.41) is 36.8. The van der Waals surface area contributed by atoms with Crippen molar-refractivity contribution in [2.45, 2.75) is 212 Å². The van der Waals surface area contributed by atoms with Crippen LogP contribution in [0.4, 0.5) is 0 Å². The van der Waals surface area contributed by atoms with E-state index >= 15 is 0 Å². The number of aliphatic hydroxyl groups is 2. The Kier molecular flexibility index (Phi) is 15.1. The highest BCUT2D eigenvalue weighted by Gasteiger charge is 2.64. The van der Waals surface area contributed by atoms with Gasteiger partial charge in [-0.1, -0.05) is 66.6 Å². The number of aliphatic hydroxyl groups excluding tert-OH is 1. The molecule has 18 atom stereocenters. The molecule has 0 bridgehead atoms. The molecule has 2 unspecified atom stereocenters. The number of ether oxygens (including phenoxy) is 5. The first-order chi connectivity index (χ1) is 29.9. The Labute approximate surface area is 380 Å². The molecule has 0 amide bonds. The second kappa shape index (κ2) is 19.1. The van der Waals surface area contributed by atoms with E-state index in [1.165, 1.54) is 13.8 Å². The number of carboxylic acid groups (broad SMARTS) is 1. The number of aromatic nitrogens is 1. The van der Waals surface area contributed by atoms with Crippen LogP contribution in [0.15, 0.2) is 21.6 Å². The Hall–Kier alpha value is -2.75. The van der Waals surface area contributed by atoms with Crippen LogP contribution in [-0.4, -0.2) is 100 Å². The molecule has 0 radical (unpaired) electrons. The average molecular weight is 920 g/mol. The summed E-state index contributed by atoms with van der Waals surface area (Å²) >= 11 is 0. The average Bonchev–Trinajstić information content (AvgIpc) is 3.78. The van der Waals surface area contributed by atoms with Crippen LogP contribution in [0.2, 0.25) is 0 Å². The van der Waals surface area contributed by atoms with Crippen molar-refractivity contribution in [3.8, 4) is 6.07 Å². The number of nitrogens with zero attached hydrogens (tertiary/aromatic N) is 2. The third kappa shape index (κ3) is 9.40. The zero-order valence-corrected chi connectivity index (χ0v) is 40.9. The molecule has 4 saturated heterocycles. The van der Waals surface area contributed by atoms with Gasteiger partial charge in [0.2, 0.25) is 4.90 Å². The quantitative estimate of drug-likeness (QED) is 0.162. The minimum atomic E-state index is -4.28. The number of ketones is 1. The van der Waals surface area contributed by atoms with Gasteiger partial charge in [-0.2, -0.15) is 0 Å². The van der Waals surface area contributed by atoms with Gasteiger partial charge < -0.3 is 43.5 Å². The molecule has 64 heavy (non-hydrogen) atoms. The normalized spacial score (nSPS) is 40.3. The van der Waals surface area contributed by atoms with Crippen molar-refractivity contribution in [1.82, 2.24) is 5.16 Å². The van der Waals surface area contributed by atoms with Crippen LogP contribution in [0.25, 0.3) is 4.25 Å². The fourth-order valence-corrected chi connectivity index (χ4v) is 12.8. The summed E-state index contributed by atoms with van der Waals surface area (Å²) in [4.78, 5) is 26.6. The number of carbonyl (C=O) groups excluding carboxylic acids is 1. The molecule has 1 aromatic heterocycles. The number of hydrogen-bond acceptors (Lipinski definition) is 13. The Morgan fingerprint density at radius 1 is 0.953 bits per heavy atom. The van der Waals surface area contributed by atoms with Gasteiger partial charge in [0.15, 0.2) is 23.3 Å². The third-order valence-corrected chi connectivity index (χ3v) is 17.5. The van der Waals surface area contributed by atoms with E-state index in [-0.39, 0.29) is 39.9 Å². The van der Waals surface area contributed by atoms with Gasteiger partial charge in [0, 0.05) is 30.1 Å². The Balaban J connectivity index is 1.29.